The second-order valence-corrected chi connectivity index (χ2v) is 13.4. The molecule has 0 bridgehead atoms. The molecule has 0 atom stereocenters. The zero-order valence-electron chi connectivity index (χ0n) is 25.3. The number of hydrogen-bond acceptors (Lipinski definition) is 1. The molecule has 208 valence electrons. The van der Waals surface area contributed by atoms with Crippen LogP contribution in [0.4, 0.5) is 0 Å². The van der Waals surface area contributed by atoms with Gasteiger partial charge in [0.05, 0.1) is 5.60 Å². The second-order valence-electron chi connectivity index (χ2n) is 13.4. The molecule has 0 aromatic heterocycles. The van der Waals surface area contributed by atoms with Gasteiger partial charge in [0.15, 0.2) is 0 Å². The first-order valence-electron chi connectivity index (χ1n) is 15.4. The second kappa shape index (κ2) is 9.56. The van der Waals surface area contributed by atoms with Crippen molar-refractivity contribution in [1.82, 2.24) is 0 Å². The van der Waals surface area contributed by atoms with Crippen LogP contribution in [0.3, 0.4) is 0 Å². The molecule has 43 heavy (non-hydrogen) atoms. The molecule has 8 rings (SSSR count). The molecule has 1 saturated heterocycles. The van der Waals surface area contributed by atoms with E-state index >= 15 is 0 Å². The lowest BCUT2D eigenvalue weighted by Gasteiger charge is -2.34. The molecule has 0 radical (unpaired) electrons. The van der Waals surface area contributed by atoms with Crippen LogP contribution in [0.1, 0.15) is 27.7 Å². The van der Waals surface area contributed by atoms with Crippen LogP contribution in [0.25, 0.3) is 66.4 Å². The minimum absolute atomic E-state index is 0.111. The van der Waals surface area contributed by atoms with Crippen molar-refractivity contribution in [1.29, 1.82) is 0 Å². The third-order valence-corrected chi connectivity index (χ3v) is 10.3. The Morgan fingerprint density at radius 3 is 1.67 bits per heavy atom. The van der Waals surface area contributed by atoms with Gasteiger partial charge in [-0.1, -0.05) is 135 Å². The van der Waals surface area contributed by atoms with Crippen LogP contribution in [0, 0.1) is 5.41 Å². The summed E-state index contributed by atoms with van der Waals surface area (Å²) in [5, 5.41) is 2.64. The summed E-state index contributed by atoms with van der Waals surface area (Å²) in [5.74, 6) is 0. The summed E-state index contributed by atoms with van der Waals surface area (Å²) in [4.78, 5) is 0. The van der Waals surface area contributed by atoms with E-state index in [1.165, 1.54) is 71.9 Å². The van der Waals surface area contributed by atoms with Crippen LogP contribution in [0.15, 0.2) is 127 Å². The van der Waals surface area contributed by atoms with Gasteiger partial charge >= 0.3 is 6.92 Å². The van der Waals surface area contributed by atoms with Crippen LogP contribution in [-0.4, -0.2) is 12.5 Å². The fourth-order valence-corrected chi connectivity index (χ4v) is 7.30. The molecule has 1 fully saturated rings. The van der Waals surface area contributed by atoms with Crippen molar-refractivity contribution in [2.45, 2.75) is 39.6 Å². The molecule has 6 aromatic carbocycles. The quantitative estimate of drug-likeness (QED) is 0.197. The van der Waals surface area contributed by atoms with E-state index < -0.39 is 0 Å². The maximum atomic E-state index is 6.59. The molecule has 0 N–H and O–H groups in total. The van der Waals surface area contributed by atoms with E-state index in [9.17, 15) is 0 Å². The van der Waals surface area contributed by atoms with Crippen LogP contribution in [-0.2, 0) is 4.65 Å². The van der Waals surface area contributed by atoms with Gasteiger partial charge in [-0.2, -0.15) is 0 Å². The minimum atomic E-state index is -0.155. The Kier molecular flexibility index (Phi) is 5.83. The van der Waals surface area contributed by atoms with E-state index in [4.69, 9.17) is 4.65 Å². The van der Waals surface area contributed by atoms with Gasteiger partial charge in [-0.05, 0) is 104 Å². The predicted octanol–water partition coefficient (Wildman–Crippen LogP) is 10.5. The van der Waals surface area contributed by atoms with E-state index in [2.05, 4.69) is 155 Å². The standard InChI is InChI=1S/C41H35BO/c1-40(2)26-42(43-41(40,3)4)31-23-21-28(22-24-31)34-25-35(27-13-7-5-8-14-27)38-32-19-11-17-29-18-12-20-33(36(29)32)39(38)37(34)30-15-9-6-10-16-30/h5-25H,26H2,1-4H3. The Balaban J connectivity index is 1.39. The molecule has 1 aliphatic carbocycles. The van der Waals surface area contributed by atoms with E-state index in [0.29, 0.717) is 0 Å². The Morgan fingerprint density at radius 1 is 0.512 bits per heavy atom. The summed E-state index contributed by atoms with van der Waals surface area (Å²) in [7, 11) is 0. The summed E-state index contributed by atoms with van der Waals surface area (Å²) in [6.45, 7) is 9.20. The molecular formula is C41H35BO. The van der Waals surface area contributed by atoms with Gasteiger partial charge in [0.2, 0.25) is 0 Å². The van der Waals surface area contributed by atoms with Crippen molar-refractivity contribution in [2.75, 3.05) is 0 Å². The van der Waals surface area contributed by atoms with Crippen molar-refractivity contribution in [2.24, 2.45) is 5.41 Å². The van der Waals surface area contributed by atoms with Crippen LogP contribution in [0.2, 0.25) is 6.32 Å². The number of fused-ring (bicyclic) bond motifs is 3. The average Bonchev–Trinajstić information content (AvgIpc) is 3.48. The maximum absolute atomic E-state index is 6.59. The van der Waals surface area contributed by atoms with Crippen LogP contribution < -0.4 is 5.46 Å². The van der Waals surface area contributed by atoms with Gasteiger partial charge in [-0.15, -0.1) is 0 Å². The van der Waals surface area contributed by atoms with E-state index in [0.717, 1.165) is 6.32 Å². The molecule has 0 unspecified atom stereocenters. The molecular weight excluding hydrogens is 519 g/mol. The van der Waals surface area contributed by atoms with Gasteiger partial charge in [0.1, 0.15) is 0 Å². The predicted molar refractivity (Wildman–Crippen MR) is 184 cm³/mol. The number of rotatable bonds is 4. The van der Waals surface area contributed by atoms with E-state index in [-0.39, 0.29) is 17.9 Å². The smallest absolute Gasteiger partial charge is 0.327 e. The lowest BCUT2D eigenvalue weighted by Crippen LogP contribution is -2.36. The van der Waals surface area contributed by atoms with Gasteiger partial charge in [0, 0.05) is 0 Å². The molecule has 0 spiro atoms. The highest BCUT2D eigenvalue weighted by atomic mass is 16.5. The molecule has 1 aliphatic heterocycles. The third-order valence-electron chi connectivity index (χ3n) is 10.3. The monoisotopic (exact) mass is 554 g/mol. The third kappa shape index (κ3) is 4.04. The first-order valence-corrected chi connectivity index (χ1v) is 15.4. The number of benzene rings is 6. The first-order chi connectivity index (χ1) is 20.8. The van der Waals surface area contributed by atoms with Crippen molar-refractivity contribution >= 4 is 23.2 Å². The van der Waals surface area contributed by atoms with Crippen molar-refractivity contribution in [3.05, 3.63) is 127 Å². The highest BCUT2D eigenvalue weighted by molar-refractivity contribution is 6.68. The molecule has 1 heterocycles. The summed E-state index contributed by atoms with van der Waals surface area (Å²) in [6.07, 6.45) is 1.02. The largest absolute Gasteiger partial charge is 0.426 e. The highest BCUT2D eigenvalue weighted by Crippen LogP contribution is 2.57. The summed E-state index contributed by atoms with van der Waals surface area (Å²) >= 11 is 0. The molecule has 2 aliphatic rings. The topological polar surface area (TPSA) is 9.23 Å². The summed E-state index contributed by atoms with van der Waals surface area (Å²) in [5.41, 5.74) is 14.1. The summed E-state index contributed by atoms with van der Waals surface area (Å²) in [6, 6.07) is 47.0. The summed E-state index contributed by atoms with van der Waals surface area (Å²) < 4.78 is 6.59. The molecule has 0 amide bonds. The normalized spacial score (nSPS) is 16.0. The lowest BCUT2D eigenvalue weighted by molar-refractivity contribution is 0.0375. The fraction of sp³-hybridized carbons (Fsp3) is 0.171. The molecule has 2 heteroatoms. The van der Waals surface area contributed by atoms with Crippen molar-refractivity contribution in [3.8, 4) is 55.6 Å². The Labute approximate surface area is 255 Å². The number of hydrogen-bond donors (Lipinski definition) is 0. The Morgan fingerprint density at radius 2 is 1.07 bits per heavy atom. The van der Waals surface area contributed by atoms with E-state index in [1.54, 1.807) is 0 Å². The zero-order valence-corrected chi connectivity index (χ0v) is 25.3. The van der Waals surface area contributed by atoms with Crippen molar-refractivity contribution < 1.29 is 4.65 Å². The maximum Gasteiger partial charge on any atom is 0.327 e. The minimum Gasteiger partial charge on any atom is -0.426 e. The van der Waals surface area contributed by atoms with Gasteiger partial charge in [-0.25, -0.2) is 0 Å². The van der Waals surface area contributed by atoms with Crippen LogP contribution in [0.5, 0.6) is 0 Å². The molecule has 6 aromatic rings. The van der Waals surface area contributed by atoms with Crippen LogP contribution >= 0.6 is 0 Å². The fourth-order valence-electron chi connectivity index (χ4n) is 7.30. The van der Waals surface area contributed by atoms with Gasteiger partial charge in [0.25, 0.3) is 0 Å². The Bertz CT molecular complexity index is 1980. The average molecular weight is 555 g/mol. The SMILES string of the molecule is CC1(C)CB(c2ccc(-c3cc(-c4ccccc4)c4c(c3-c3ccccc3)-c3cccc5cccc-4c35)cc2)OC1(C)C. The molecule has 1 nitrogen and oxygen atoms in total. The Hall–Kier alpha value is -4.40. The van der Waals surface area contributed by atoms with Gasteiger partial charge in [-0.3, -0.25) is 0 Å². The zero-order chi connectivity index (χ0) is 29.3. The lowest BCUT2D eigenvalue weighted by atomic mass is 9.54. The van der Waals surface area contributed by atoms with E-state index in [1.807, 2.05) is 0 Å². The first kappa shape index (κ1) is 26.2. The highest BCUT2D eigenvalue weighted by Gasteiger charge is 2.49. The van der Waals surface area contributed by atoms with Gasteiger partial charge < -0.3 is 4.65 Å². The molecule has 0 saturated carbocycles. The van der Waals surface area contributed by atoms with Crippen molar-refractivity contribution in [3.63, 3.8) is 0 Å².